The number of amides is 1. The Labute approximate surface area is 111 Å². The molecule has 1 N–H and O–H groups in total. The number of ether oxygens (including phenoxy) is 1. The molecule has 5 heteroatoms. The van der Waals surface area contributed by atoms with Crippen LogP contribution < -0.4 is 5.32 Å². The van der Waals surface area contributed by atoms with Crippen LogP contribution >= 0.6 is 0 Å². The van der Waals surface area contributed by atoms with Crippen molar-refractivity contribution in [3.8, 4) is 6.07 Å². The predicted molar refractivity (Wildman–Crippen MR) is 70.2 cm³/mol. The third-order valence-electron chi connectivity index (χ3n) is 2.03. The molecule has 0 heterocycles. The van der Waals surface area contributed by atoms with Crippen LogP contribution in [0.25, 0.3) is 0 Å². The van der Waals surface area contributed by atoms with Gasteiger partial charge < -0.3 is 10.1 Å². The van der Waals surface area contributed by atoms with Crippen LogP contribution in [0.5, 0.6) is 0 Å². The lowest BCUT2D eigenvalue weighted by atomic mass is 10.2. The zero-order valence-corrected chi connectivity index (χ0v) is 10.8. The highest BCUT2D eigenvalue weighted by Crippen LogP contribution is 2.09. The molecule has 0 radical (unpaired) electrons. The molecule has 98 valence electrons. The molecular formula is C14H14N2O3. The van der Waals surface area contributed by atoms with Gasteiger partial charge in [0.2, 0.25) is 0 Å². The van der Waals surface area contributed by atoms with Gasteiger partial charge in [-0.3, -0.25) is 4.79 Å². The number of esters is 1. The Balaban J connectivity index is 2.50. The van der Waals surface area contributed by atoms with E-state index in [9.17, 15) is 9.59 Å². The van der Waals surface area contributed by atoms with Gasteiger partial charge in [-0.15, -0.1) is 0 Å². The summed E-state index contributed by atoms with van der Waals surface area (Å²) in [5.41, 5.74) is 1.73. The fourth-order valence-corrected chi connectivity index (χ4v) is 1.28. The lowest BCUT2D eigenvalue weighted by Crippen LogP contribution is -2.20. The van der Waals surface area contributed by atoms with Crippen LogP contribution in [0.3, 0.4) is 0 Å². The van der Waals surface area contributed by atoms with Gasteiger partial charge in [-0.05, 0) is 32.0 Å². The number of anilines is 1. The summed E-state index contributed by atoms with van der Waals surface area (Å²) < 4.78 is 4.75. The molecule has 19 heavy (non-hydrogen) atoms. The van der Waals surface area contributed by atoms with Crippen molar-refractivity contribution in [2.75, 3.05) is 11.9 Å². The SMILES string of the molecule is CC(C)=CC(=O)OCC(=O)Nc1cccc(C#N)c1. The van der Waals surface area contributed by atoms with Crippen LogP contribution in [-0.4, -0.2) is 18.5 Å². The summed E-state index contributed by atoms with van der Waals surface area (Å²) >= 11 is 0. The van der Waals surface area contributed by atoms with Crippen LogP contribution in [0, 0.1) is 11.3 Å². The first kappa shape index (κ1) is 14.5. The van der Waals surface area contributed by atoms with E-state index >= 15 is 0 Å². The average Bonchev–Trinajstić information content (AvgIpc) is 2.36. The van der Waals surface area contributed by atoms with Gasteiger partial charge in [-0.25, -0.2) is 4.79 Å². The predicted octanol–water partition coefficient (Wildman–Crippen LogP) is 2.01. The highest BCUT2D eigenvalue weighted by atomic mass is 16.5. The van der Waals surface area contributed by atoms with Gasteiger partial charge >= 0.3 is 5.97 Å². The van der Waals surface area contributed by atoms with Crippen LogP contribution in [0.15, 0.2) is 35.9 Å². The molecule has 0 unspecified atom stereocenters. The van der Waals surface area contributed by atoms with Crippen molar-refractivity contribution >= 4 is 17.6 Å². The molecule has 5 nitrogen and oxygen atoms in total. The fraction of sp³-hybridized carbons (Fsp3) is 0.214. The summed E-state index contributed by atoms with van der Waals surface area (Å²) in [4.78, 5) is 22.7. The number of hydrogen-bond acceptors (Lipinski definition) is 4. The Morgan fingerprint density at radius 2 is 2.16 bits per heavy atom. The Morgan fingerprint density at radius 1 is 1.42 bits per heavy atom. The largest absolute Gasteiger partial charge is 0.452 e. The van der Waals surface area contributed by atoms with Gasteiger partial charge in [0.25, 0.3) is 5.91 Å². The van der Waals surface area contributed by atoms with E-state index in [2.05, 4.69) is 5.32 Å². The smallest absolute Gasteiger partial charge is 0.331 e. The van der Waals surface area contributed by atoms with E-state index in [1.807, 2.05) is 6.07 Å². The monoisotopic (exact) mass is 258 g/mol. The second kappa shape index (κ2) is 6.97. The fourth-order valence-electron chi connectivity index (χ4n) is 1.28. The quantitative estimate of drug-likeness (QED) is 0.661. The van der Waals surface area contributed by atoms with Crippen molar-refractivity contribution in [2.24, 2.45) is 0 Å². The summed E-state index contributed by atoms with van der Waals surface area (Å²) in [7, 11) is 0. The summed E-state index contributed by atoms with van der Waals surface area (Å²) in [6.45, 7) is 3.16. The Bertz CT molecular complexity index is 552. The number of allylic oxidation sites excluding steroid dienone is 1. The molecule has 0 aliphatic carbocycles. The molecule has 0 saturated heterocycles. The zero-order valence-electron chi connectivity index (χ0n) is 10.8. The molecule has 0 spiro atoms. The van der Waals surface area contributed by atoms with Gasteiger partial charge in [0.15, 0.2) is 6.61 Å². The topological polar surface area (TPSA) is 79.2 Å². The summed E-state index contributed by atoms with van der Waals surface area (Å²) in [6, 6.07) is 8.44. The Hall–Kier alpha value is -2.61. The first-order valence-corrected chi connectivity index (χ1v) is 5.63. The second-order valence-corrected chi connectivity index (χ2v) is 4.07. The van der Waals surface area contributed by atoms with Crippen molar-refractivity contribution in [3.05, 3.63) is 41.5 Å². The molecule has 1 amide bonds. The number of nitrogens with zero attached hydrogens (tertiary/aromatic N) is 1. The van der Waals surface area contributed by atoms with Crippen LogP contribution in [0.1, 0.15) is 19.4 Å². The molecule has 0 fully saturated rings. The van der Waals surface area contributed by atoms with Gasteiger partial charge in [0, 0.05) is 11.8 Å². The number of benzene rings is 1. The maximum atomic E-state index is 11.5. The van der Waals surface area contributed by atoms with Crippen molar-refractivity contribution in [2.45, 2.75) is 13.8 Å². The number of hydrogen-bond donors (Lipinski definition) is 1. The van der Waals surface area contributed by atoms with E-state index in [4.69, 9.17) is 10.00 Å². The number of nitrogens with one attached hydrogen (secondary N) is 1. The molecule has 0 saturated carbocycles. The number of carbonyl (C=O) groups excluding carboxylic acids is 2. The lowest BCUT2D eigenvalue weighted by Gasteiger charge is -2.05. The van der Waals surface area contributed by atoms with Crippen molar-refractivity contribution < 1.29 is 14.3 Å². The highest BCUT2D eigenvalue weighted by molar-refractivity contribution is 5.93. The van der Waals surface area contributed by atoms with E-state index in [-0.39, 0.29) is 6.61 Å². The molecule has 0 aromatic heterocycles. The maximum absolute atomic E-state index is 11.5. The van der Waals surface area contributed by atoms with Gasteiger partial charge in [-0.1, -0.05) is 11.6 Å². The molecule has 0 atom stereocenters. The summed E-state index contributed by atoms with van der Waals surface area (Å²) in [6.07, 6.45) is 1.31. The van der Waals surface area contributed by atoms with Crippen molar-refractivity contribution in [1.82, 2.24) is 0 Å². The van der Waals surface area contributed by atoms with Gasteiger partial charge in [0.05, 0.1) is 11.6 Å². The summed E-state index contributed by atoms with van der Waals surface area (Å²) in [5.74, 6) is -1.01. The second-order valence-electron chi connectivity index (χ2n) is 4.07. The van der Waals surface area contributed by atoms with Crippen molar-refractivity contribution in [1.29, 1.82) is 5.26 Å². The first-order chi connectivity index (χ1) is 9.01. The van der Waals surface area contributed by atoms with Gasteiger partial charge in [-0.2, -0.15) is 5.26 Å². The minimum Gasteiger partial charge on any atom is -0.452 e. The average molecular weight is 258 g/mol. The van der Waals surface area contributed by atoms with Crippen LogP contribution in [-0.2, 0) is 14.3 Å². The maximum Gasteiger partial charge on any atom is 0.331 e. The van der Waals surface area contributed by atoms with E-state index in [0.29, 0.717) is 11.3 Å². The molecule has 1 aromatic carbocycles. The van der Waals surface area contributed by atoms with Crippen LogP contribution in [0.4, 0.5) is 5.69 Å². The minimum absolute atomic E-state index is 0.362. The lowest BCUT2D eigenvalue weighted by molar-refractivity contribution is -0.142. The van der Waals surface area contributed by atoms with Crippen LogP contribution in [0.2, 0.25) is 0 Å². The van der Waals surface area contributed by atoms with Crippen molar-refractivity contribution in [3.63, 3.8) is 0 Å². The molecule has 0 bridgehead atoms. The normalized spacial score (nSPS) is 9.11. The highest BCUT2D eigenvalue weighted by Gasteiger charge is 2.06. The van der Waals surface area contributed by atoms with Gasteiger partial charge in [0.1, 0.15) is 0 Å². The molecule has 1 aromatic rings. The number of rotatable bonds is 4. The molecule has 1 rings (SSSR count). The molecule has 0 aliphatic rings. The third-order valence-corrected chi connectivity index (χ3v) is 2.03. The Morgan fingerprint density at radius 3 is 2.79 bits per heavy atom. The zero-order chi connectivity index (χ0) is 14.3. The molecule has 0 aliphatic heterocycles. The standard InChI is InChI=1S/C14H14N2O3/c1-10(2)6-14(18)19-9-13(17)16-12-5-3-4-11(7-12)8-15/h3-7H,9H2,1-2H3,(H,16,17). The molecular weight excluding hydrogens is 244 g/mol. The third kappa shape index (κ3) is 5.50. The number of carbonyl (C=O) groups is 2. The summed E-state index contributed by atoms with van der Waals surface area (Å²) in [5, 5.41) is 11.3. The number of nitriles is 1. The van der Waals surface area contributed by atoms with E-state index < -0.39 is 11.9 Å². The van der Waals surface area contributed by atoms with E-state index in [1.165, 1.54) is 12.1 Å². The Kier molecular flexibility index (Phi) is 5.30. The first-order valence-electron chi connectivity index (χ1n) is 5.63. The van der Waals surface area contributed by atoms with E-state index in [0.717, 1.165) is 5.57 Å². The minimum atomic E-state index is -0.555. The van der Waals surface area contributed by atoms with E-state index in [1.54, 1.807) is 32.0 Å².